The molecule has 0 aliphatic carbocycles. The number of furan rings is 1. The van der Waals surface area contributed by atoms with E-state index >= 15 is 0 Å². The summed E-state index contributed by atoms with van der Waals surface area (Å²) in [6.07, 6.45) is 1.06. The van der Waals surface area contributed by atoms with Gasteiger partial charge in [-0.2, -0.15) is 0 Å². The molecule has 8 heteroatoms. The largest absolute Gasteiger partial charge is 0.478 e. The van der Waals surface area contributed by atoms with Gasteiger partial charge < -0.3 is 19.2 Å². The third kappa shape index (κ3) is 3.96. The second kappa shape index (κ2) is 7.57. The van der Waals surface area contributed by atoms with Crippen molar-refractivity contribution in [2.24, 2.45) is 0 Å². The minimum atomic E-state index is -1.13. The molecule has 0 unspecified atom stereocenters. The molecule has 2 aromatic heterocycles. The van der Waals surface area contributed by atoms with Gasteiger partial charge in [0.15, 0.2) is 5.76 Å². The number of hydrogen-bond donors (Lipinski definition) is 1. The Kier molecular flexibility index (Phi) is 5.76. The number of rotatable bonds is 7. The van der Waals surface area contributed by atoms with E-state index in [2.05, 4.69) is 15.9 Å². The number of carboxylic acid groups (broad SMARTS) is 1. The molecular formula is C14H14BrNO5S. The highest BCUT2D eigenvalue weighted by atomic mass is 79.9. The number of methoxy groups -OCH3 is 1. The SMILES string of the molecule is COCCN(Cc1sccc1Br)C(=O)c1cc(C(=O)O)co1. The zero-order valence-corrected chi connectivity index (χ0v) is 14.1. The lowest BCUT2D eigenvalue weighted by atomic mass is 10.3. The topological polar surface area (TPSA) is 80.0 Å². The molecule has 0 bridgehead atoms. The molecule has 0 atom stereocenters. The highest BCUT2D eigenvalue weighted by Crippen LogP contribution is 2.25. The Bertz CT molecular complexity index is 666. The minimum absolute atomic E-state index is 0.00109. The molecule has 22 heavy (non-hydrogen) atoms. The quantitative estimate of drug-likeness (QED) is 0.789. The van der Waals surface area contributed by atoms with Gasteiger partial charge in [0, 0.05) is 29.1 Å². The monoisotopic (exact) mass is 387 g/mol. The summed E-state index contributed by atoms with van der Waals surface area (Å²) in [5.41, 5.74) is -0.0488. The van der Waals surface area contributed by atoms with Crippen molar-refractivity contribution in [2.75, 3.05) is 20.3 Å². The molecule has 0 fully saturated rings. The molecule has 1 amide bonds. The molecule has 0 saturated heterocycles. The van der Waals surface area contributed by atoms with Crippen molar-refractivity contribution in [3.05, 3.63) is 44.4 Å². The average Bonchev–Trinajstić information content (AvgIpc) is 3.12. The summed E-state index contributed by atoms with van der Waals surface area (Å²) in [5.74, 6) is -1.50. The predicted octanol–water partition coefficient (Wildman–Crippen LogP) is 3.09. The van der Waals surface area contributed by atoms with Crippen LogP contribution >= 0.6 is 27.3 Å². The summed E-state index contributed by atoms with van der Waals surface area (Å²) in [7, 11) is 1.55. The van der Waals surface area contributed by atoms with Crippen molar-refractivity contribution in [1.82, 2.24) is 4.90 Å². The molecule has 0 spiro atoms. The Morgan fingerprint density at radius 2 is 2.27 bits per heavy atom. The summed E-state index contributed by atoms with van der Waals surface area (Å²) in [6.45, 7) is 1.15. The van der Waals surface area contributed by atoms with Crippen LogP contribution in [0.15, 0.2) is 32.7 Å². The molecule has 0 aliphatic heterocycles. The van der Waals surface area contributed by atoms with E-state index in [4.69, 9.17) is 14.3 Å². The summed E-state index contributed by atoms with van der Waals surface area (Å²) >= 11 is 4.96. The predicted molar refractivity (Wildman–Crippen MR) is 84.3 cm³/mol. The maximum Gasteiger partial charge on any atom is 0.338 e. The van der Waals surface area contributed by atoms with Crippen LogP contribution in [0.2, 0.25) is 0 Å². The summed E-state index contributed by atoms with van der Waals surface area (Å²) < 4.78 is 11.0. The van der Waals surface area contributed by atoms with Crippen LogP contribution in [0.25, 0.3) is 0 Å². The summed E-state index contributed by atoms with van der Waals surface area (Å²) in [4.78, 5) is 25.9. The van der Waals surface area contributed by atoms with Crippen molar-refractivity contribution in [3.63, 3.8) is 0 Å². The van der Waals surface area contributed by atoms with Gasteiger partial charge in [0.2, 0.25) is 0 Å². The zero-order valence-electron chi connectivity index (χ0n) is 11.7. The molecule has 2 rings (SSSR count). The fraction of sp³-hybridized carbons (Fsp3) is 0.286. The Balaban J connectivity index is 2.17. The van der Waals surface area contributed by atoms with Crippen molar-refractivity contribution in [3.8, 4) is 0 Å². The second-order valence-electron chi connectivity index (χ2n) is 4.42. The van der Waals surface area contributed by atoms with Crippen molar-refractivity contribution >= 4 is 39.1 Å². The molecule has 0 saturated carbocycles. The van der Waals surface area contributed by atoms with Gasteiger partial charge in [-0.15, -0.1) is 11.3 Å². The molecule has 0 aliphatic rings. The van der Waals surface area contributed by atoms with Crippen LogP contribution in [-0.4, -0.2) is 42.1 Å². The van der Waals surface area contributed by atoms with Gasteiger partial charge in [-0.3, -0.25) is 4.79 Å². The molecule has 6 nitrogen and oxygen atoms in total. The Labute approximate surface area is 139 Å². The normalized spacial score (nSPS) is 10.6. The molecule has 0 aromatic carbocycles. The van der Waals surface area contributed by atoms with Gasteiger partial charge in [0.25, 0.3) is 5.91 Å². The van der Waals surface area contributed by atoms with Gasteiger partial charge in [-0.25, -0.2) is 4.79 Å². The van der Waals surface area contributed by atoms with Crippen LogP contribution in [0, 0.1) is 0 Å². The molecule has 0 radical (unpaired) electrons. The van der Waals surface area contributed by atoms with Gasteiger partial charge in [-0.1, -0.05) is 0 Å². The number of thiophene rings is 1. The van der Waals surface area contributed by atoms with Crippen LogP contribution in [0.5, 0.6) is 0 Å². The molecular weight excluding hydrogens is 374 g/mol. The molecule has 2 heterocycles. The van der Waals surface area contributed by atoms with Crippen molar-refractivity contribution in [1.29, 1.82) is 0 Å². The highest BCUT2D eigenvalue weighted by Gasteiger charge is 2.22. The summed E-state index contributed by atoms with van der Waals surface area (Å²) in [5, 5.41) is 10.8. The fourth-order valence-electron chi connectivity index (χ4n) is 1.78. The Morgan fingerprint density at radius 3 is 2.82 bits per heavy atom. The van der Waals surface area contributed by atoms with E-state index in [0.717, 1.165) is 15.6 Å². The number of halogens is 1. The van der Waals surface area contributed by atoms with E-state index in [1.807, 2.05) is 11.4 Å². The van der Waals surface area contributed by atoms with Gasteiger partial charge in [-0.05, 0) is 27.4 Å². The van der Waals surface area contributed by atoms with Crippen molar-refractivity contribution < 1.29 is 23.8 Å². The van der Waals surface area contributed by atoms with E-state index in [9.17, 15) is 9.59 Å². The van der Waals surface area contributed by atoms with Gasteiger partial charge in [0.05, 0.1) is 18.7 Å². The standard InChI is InChI=1S/C14H14BrNO5S/c1-20-4-3-16(7-12-10(15)2-5-22-12)13(17)11-6-9(8-21-11)14(18)19/h2,5-6,8H,3-4,7H2,1H3,(H,18,19). The van der Waals surface area contributed by atoms with Crippen LogP contribution in [0.1, 0.15) is 25.8 Å². The number of carbonyl (C=O) groups is 2. The lowest BCUT2D eigenvalue weighted by Crippen LogP contribution is -2.33. The lowest BCUT2D eigenvalue weighted by molar-refractivity contribution is 0.0650. The number of amides is 1. The zero-order chi connectivity index (χ0) is 16.1. The molecule has 118 valence electrons. The lowest BCUT2D eigenvalue weighted by Gasteiger charge is -2.20. The number of carboxylic acids is 1. The third-order valence-electron chi connectivity index (χ3n) is 2.94. The van der Waals surface area contributed by atoms with Crippen LogP contribution in [0.4, 0.5) is 0 Å². The Hall–Kier alpha value is -1.64. The first-order valence-electron chi connectivity index (χ1n) is 6.35. The average molecular weight is 388 g/mol. The minimum Gasteiger partial charge on any atom is -0.478 e. The van der Waals surface area contributed by atoms with Crippen LogP contribution in [-0.2, 0) is 11.3 Å². The first-order chi connectivity index (χ1) is 10.5. The molecule has 1 N–H and O–H groups in total. The number of aromatic carboxylic acids is 1. The maximum absolute atomic E-state index is 12.5. The van der Waals surface area contributed by atoms with Gasteiger partial charge >= 0.3 is 5.97 Å². The van der Waals surface area contributed by atoms with Crippen LogP contribution < -0.4 is 0 Å². The smallest absolute Gasteiger partial charge is 0.338 e. The Morgan fingerprint density at radius 1 is 1.50 bits per heavy atom. The maximum atomic E-state index is 12.5. The number of ether oxygens (including phenoxy) is 1. The van der Waals surface area contributed by atoms with E-state index in [0.29, 0.717) is 19.7 Å². The second-order valence-corrected chi connectivity index (χ2v) is 6.27. The number of hydrogen-bond acceptors (Lipinski definition) is 5. The number of nitrogens with zero attached hydrogens (tertiary/aromatic N) is 1. The first kappa shape index (κ1) is 16.7. The van der Waals surface area contributed by atoms with E-state index in [1.165, 1.54) is 17.4 Å². The third-order valence-corrected chi connectivity index (χ3v) is 4.85. The van der Waals surface area contributed by atoms with Gasteiger partial charge in [0.1, 0.15) is 6.26 Å². The van der Waals surface area contributed by atoms with E-state index in [1.54, 1.807) is 12.0 Å². The number of carbonyl (C=O) groups excluding carboxylic acids is 1. The van der Waals surface area contributed by atoms with Crippen LogP contribution in [0.3, 0.4) is 0 Å². The van der Waals surface area contributed by atoms with E-state index in [-0.39, 0.29) is 17.2 Å². The highest BCUT2D eigenvalue weighted by molar-refractivity contribution is 9.10. The van der Waals surface area contributed by atoms with E-state index < -0.39 is 5.97 Å². The summed E-state index contributed by atoms with van der Waals surface area (Å²) in [6, 6.07) is 3.14. The van der Waals surface area contributed by atoms with Crippen molar-refractivity contribution in [2.45, 2.75) is 6.54 Å². The molecule has 2 aromatic rings. The first-order valence-corrected chi connectivity index (χ1v) is 8.02. The fourth-order valence-corrected chi connectivity index (χ4v) is 3.27.